The number of guanidine groups is 1. The van der Waals surface area contributed by atoms with E-state index in [1.807, 2.05) is 0 Å². The van der Waals surface area contributed by atoms with E-state index in [-0.39, 0.29) is 0 Å². The SMILES string of the molecule is CC(C)CN=C(N)NCCC1CCCO1. The molecule has 1 rings (SSSR count). The molecule has 0 amide bonds. The van der Waals surface area contributed by atoms with Gasteiger partial charge in [-0.2, -0.15) is 0 Å². The number of nitrogens with two attached hydrogens (primary N) is 1. The van der Waals surface area contributed by atoms with Crippen LogP contribution in [-0.2, 0) is 4.74 Å². The summed E-state index contributed by atoms with van der Waals surface area (Å²) >= 11 is 0. The van der Waals surface area contributed by atoms with Gasteiger partial charge in [-0.25, -0.2) is 0 Å². The molecule has 0 aliphatic carbocycles. The van der Waals surface area contributed by atoms with Crippen molar-refractivity contribution in [2.75, 3.05) is 19.7 Å². The van der Waals surface area contributed by atoms with Gasteiger partial charge in [0.05, 0.1) is 6.10 Å². The van der Waals surface area contributed by atoms with Gasteiger partial charge >= 0.3 is 0 Å². The Balaban J connectivity index is 2.05. The first-order valence-electron chi connectivity index (χ1n) is 5.84. The van der Waals surface area contributed by atoms with E-state index >= 15 is 0 Å². The van der Waals surface area contributed by atoms with E-state index in [1.165, 1.54) is 12.8 Å². The highest BCUT2D eigenvalue weighted by atomic mass is 16.5. The van der Waals surface area contributed by atoms with Crippen LogP contribution in [0.15, 0.2) is 4.99 Å². The highest BCUT2D eigenvalue weighted by molar-refractivity contribution is 5.77. The van der Waals surface area contributed by atoms with E-state index in [2.05, 4.69) is 24.2 Å². The van der Waals surface area contributed by atoms with Crippen LogP contribution in [-0.4, -0.2) is 31.8 Å². The first-order chi connectivity index (χ1) is 7.18. The molecule has 15 heavy (non-hydrogen) atoms. The van der Waals surface area contributed by atoms with Crippen molar-refractivity contribution in [3.05, 3.63) is 0 Å². The second-order valence-corrected chi connectivity index (χ2v) is 4.47. The van der Waals surface area contributed by atoms with Crippen LogP contribution in [0.4, 0.5) is 0 Å². The van der Waals surface area contributed by atoms with E-state index in [1.54, 1.807) is 0 Å². The van der Waals surface area contributed by atoms with Crippen LogP contribution in [0.5, 0.6) is 0 Å². The summed E-state index contributed by atoms with van der Waals surface area (Å²) < 4.78 is 5.51. The molecule has 1 atom stereocenters. The molecule has 88 valence electrons. The fraction of sp³-hybridized carbons (Fsp3) is 0.909. The second-order valence-electron chi connectivity index (χ2n) is 4.47. The average Bonchev–Trinajstić information content (AvgIpc) is 2.67. The topological polar surface area (TPSA) is 59.6 Å². The minimum Gasteiger partial charge on any atom is -0.378 e. The third-order valence-corrected chi connectivity index (χ3v) is 2.42. The highest BCUT2D eigenvalue weighted by Crippen LogP contribution is 2.14. The third-order valence-electron chi connectivity index (χ3n) is 2.42. The van der Waals surface area contributed by atoms with Gasteiger partial charge in [0.15, 0.2) is 5.96 Å². The number of rotatable bonds is 5. The summed E-state index contributed by atoms with van der Waals surface area (Å²) in [6, 6.07) is 0. The first-order valence-corrected chi connectivity index (χ1v) is 5.84. The van der Waals surface area contributed by atoms with Gasteiger partial charge in [0.2, 0.25) is 0 Å². The normalized spacial score (nSPS) is 22.3. The Morgan fingerprint density at radius 1 is 1.60 bits per heavy atom. The van der Waals surface area contributed by atoms with Crippen molar-refractivity contribution in [2.45, 2.75) is 39.2 Å². The van der Waals surface area contributed by atoms with Crippen molar-refractivity contribution in [3.8, 4) is 0 Å². The van der Waals surface area contributed by atoms with E-state index in [4.69, 9.17) is 10.5 Å². The van der Waals surface area contributed by atoms with Gasteiger partial charge in [-0.3, -0.25) is 4.99 Å². The molecular weight excluding hydrogens is 190 g/mol. The van der Waals surface area contributed by atoms with Gasteiger partial charge in [0.25, 0.3) is 0 Å². The third kappa shape index (κ3) is 5.62. The molecule has 1 aliphatic heterocycles. The van der Waals surface area contributed by atoms with Crippen molar-refractivity contribution in [2.24, 2.45) is 16.6 Å². The Morgan fingerprint density at radius 2 is 2.40 bits per heavy atom. The van der Waals surface area contributed by atoms with Crippen LogP contribution in [0.25, 0.3) is 0 Å². The highest BCUT2D eigenvalue weighted by Gasteiger charge is 2.14. The van der Waals surface area contributed by atoms with Crippen molar-refractivity contribution >= 4 is 5.96 Å². The number of nitrogens with one attached hydrogen (secondary N) is 1. The molecule has 1 heterocycles. The lowest BCUT2D eigenvalue weighted by Crippen LogP contribution is -2.34. The lowest BCUT2D eigenvalue weighted by atomic mass is 10.2. The van der Waals surface area contributed by atoms with Gasteiger partial charge in [-0.15, -0.1) is 0 Å². The monoisotopic (exact) mass is 213 g/mol. The Bertz CT molecular complexity index is 198. The maximum Gasteiger partial charge on any atom is 0.188 e. The molecule has 0 aromatic heterocycles. The zero-order chi connectivity index (χ0) is 11.1. The molecule has 1 unspecified atom stereocenters. The molecule has 0 saturated carbocycles. The maximum atomic E-state index is 5.70. The van der Waals surface area contributed by atoms with Crippen LogP contribution in [0.3, 0.4) is 0 Å². The van der Waals surface area contributed by atoms with Crippen molar-refractivity contribution in [1.82, 2.24) is 5.32 Å². The molecule has 4 heteroatoms. The summed E-state index contributed by atoms with van der Waals surface area (Å²) in [6.07, 6.45) is 3.83. The van der Waals surface area contributed by atoms with Crippen molar-refractivity contribution in [1.29, 1.82) is 0 Å². The van der Waals surface area contributed by atoms with Crippen LogP contribution < -0.4 is 11.1 Å². The average molecular weight is 213 g/mol. The fourth-order valence-corrected chi connectivity index (χ4v) is 1.57. The summed E-state index contributed by atoms with van der Waals surface area (Å²) in [5.41, 5.74) is 5.70. The smallest absolute Gasteiger partial charge is 0.188 e. The molecule has 4 nitrogen and oxygen atoms in total. The summed E-state index contributed by atoms with van der Waals surface area (Å²) in [7, 11) is 0. The quantitative estimate of drug-likeness (QED) is 0.531. The van der Waals surface area contributed by atoms with E-state index in [0.29, 0.717) is 18.0 Å². The predicted molar refractivity (Wildman–Crippen MR) is 62.9 cm³/mol. The molecule has 0 aromatic carbocycles. The molecule has 0 radical (unpaired) electrons. The molecule has 3 N–H and O–H groups in total. The van der Waals surface area contributed by atoms with Gasteiger partial charge < -0.3 is 15.8 Å². The van der Waals surface area contributed by atoms with Crippen LogP contribution in [0.1, 0.15) is 33.1 Å². The first kappa shape index (κ1) is 12.3. The van der Waals surface area contributed by atoms with Crippen LogP contribution in [0.2, 0.25) is 0 Å². The van der Waals surface area contributed by atoms with E-state index < -0.39 is 0 Å². The van der Waals surface area contributed by atoms with E-state index in [0.717, 1.165) is 26.1 Å². The Hall–Kier alpha value is -0.770. The maximum absolute atomic E-state index is 5.70. The Morgan fingerprint density at radius 3 is 3.00 bits per heavy atom. The lowest BCUT2D eigenvalue weighted by molar-refractivity contribution is 0.105. The predicted octanol–water partition coefficient (Wildman–Crippen LogP) is 1.12. The largest absolute Gasteiger partial charge is 0.378 e. The van der Waals surface area contributed by atoms with Gasteiger partial charge in [0.1, 0.15) is 0 Å². The standard InChI is InChI=1S/C11H23N3O/c1-9(2)8-14-11(12)13-6-5-10-4-3-7-15-10/h9-10H,3-8H2,1-2H3,(H3,12,13,14). The van der Waals surface area contributed by atoms with Gasteiger partial charge in [0, 0.05) is 19.7 Å². The zero-order valence-corrected chi connectivity index (χ0v) is 9.83. The fourth-order valence-electron chi connectivity index (χ4n) is 1.57. The summed E-state index contributed by atoms with van der Waals surface area (Å²) in [6.45, 7) is 6.82. The Kier molecular flexibility index (Phi) is 5.47. The number of nitrogens with zero attached hydrogens (tertiary/aromatic N) is 1. The van der Waals surface area contributed by atoms with Crippen LogP contribution in [0, 0.1) is 5.92 Å². The lowest BCUT2D eigenvalue weighted by Gasteiger charge is -2.10. The summed E-state index contributed by atoms with van der Waals surface area (Å²) in [5.74, 6) is 1.12. The molecule has 0 bridgehead atoms. The number of ether oxygens (including phenoxy) is 1. The summed E-state index contributed by atoms with van der Waals surface area (Å²) in [4.78, 5) is 4.23. The summed E-state index contributed by atoms with van der Waals surface area (Å²) in [5, 5.41) is 3.11. The molecule has 0 spiro atoms. The van der Waals surface area contributed by atoms with E-state index in [9.17, 15) is 0 Å². The zero-order valence-electron chi connectivity index (χ0n) is 9.83. The number of aliphatic imine (C=N–C) groups is 1. The molecule has 1 saturated heterocycles. The van der Waals surface area contributed by atoms with Gasteiger partial charge in [-0.05, 0) is 25.2 Å². The minimum atomic E-state index is 0.426. The molecule has 1 aliphatic rings. The number of hydrogen-bond acceptors (Lipinski definition) is 2. The minimum absolute atomic E-state index is 0.426. The van der Waals surface area contributed by atoms with Crippen molar-refractivity contribution in [3.63, 3.8) is 0 Å². The second kappa shape index (κ2) is 6.67. The molecule has 1 fully saturated rings. The Labute approximate surface area is 92.3 Å². The van der Waals surface area contributed by atoms with Crippen molar-refractivity contribution < 1.29 is 4.74 Å². The molecule has 0 aromatic rings. The van der Waals surface area contributed by atoms with Crippen LogP contribution >= 0.6 is 0 Å². The van der Waals surface area contributed by atoms with Gasteiger partial charge in [-0.1, -0.05) is 13.8 Å². The molecular formula is C11H23N3O. The number of hydrogen-bond donors (Lipinski definition) is 2.